The van der Waals surface area contributed by atoms with E-state index in [0.29, 0.717) is 0 Å². The molecule has 0 aliphatic carbocycles. The molecular weight excluding hydrogens is 1380 g/mol. The third kappa shape index (κ3) is 13.3. The first-order valence-electron chi connectivity index (χ1n) is 39.6. The maximum atomic E-state index is 2.42. The third-order valence-corrected chi connectivity index (χ3v) is 22.4. The smallest absolute Gasteiger partial charge is 0.0542 e. The van der Waals surface area contributed by atoms with Gasteiger partial charge >= 0.3 is 0 Å². The van der Waals surface area contributed by atoms with E-state index < -0.39 is 0 Å². The van der Waals surface area contributed by atoms with Crippen molar-refractivity contribution in [2.45, 2.75) is 40.5 Å². The average molecular weight is 1470 g/mol. The van der Waals surface area contributed by atoms with Crippen LogP contribution in [0.4, 0.5) is 0 Å². The van der Waals surface area contributed by atoms with Gasteiger partial charge < -0.3 is 27.4 Å². The Hall–Kier alpha value is -14.5. The van der Waals surface area contributed by atoms with Gasteiger partial charge in [-0.1, -0.05) is 292 Å². The van der Waals surface area contributed by atoms with E-state index in [0.717, 1.165) is 24.2 Å². The minimum Gasteiger partial charge on any atom is -0.309 e. The number of para-hydroxylation sites is 2. The van der Waals surface area contributed by atoms with Crippen LogP contribution in [0.2, 0.25) is 0 Å². The molecule has 0 fully saturated rings. The molecule has 0 N–H and O–H groups in total. The summed E-state index contributed by atoms with van der Waals surface area (Å²) >= 11 is 0. The van der Waals surface area contributed by atoms with Gasteiger partial charge in [0.15, 0.2) is 0 Å². The summed E-state index contributed by atoms with van der Waals surface area (Å²) in [5, 5.41) is 7.36. The van der Waals surface area contributed by atoms with E-state index in [2.05, 4.69) is 468 Å². The van der Waals surface area contributed by atoms with Gasteiger partial charge in [-0.15, -0.1) is 0 Å². The van der Waals surface area contributed by atoms with Crippen LogP contribution in [0.25, 0.3) is 167 Å². The first kappa shape index (κ1) is 70.0. The van der Waals surface area contributed by atoms with E-state index >= 15 is 0 Å². The van der Waals surface area contributed by atoms with E-state index in [1.807, 2.05) is 0 Å². The molecule has 0 spiro atoms. The SMILES string of the molecule is CCc1ccc(-n2c(-c3ccccc3)cc3cc4c(cc(-c5ccccc5)n4-c4ccc(CC)cc4)cc32)cc1.Cc1ccc(-n2c(-c3ccccc3)cc3cc4c(cc(-c5ccccc5)n4-c4ccc(C)cc4)cc32)cc1.c1ccc(-c2cc3cc4c(cc(-c5ccccc5)n4-c4ccccc4)cc3n2-c2ccccc2)cc1. The summed E-state index contributed by atoms with van der Waals surface area (Å²) in [6, 6.07) is 149. The van der Waals surface area contributed by atoms with Crippen LogP contribution in [0, 0.1) is 13.8 Å². The van der Waals surface area contributed by atoms with Crippen molar-refractivity contribution >= 4 is 65.4 Å². The lowest BCUT2D eigenvalue weighted by molar-refractivity contribution is 1.10. The van der Waals surface area contributed by atoms with E-state index in [1.165, 1.54) is 178 Å². The lowest BCUT2D eigenvalue weighted by Crippen LogP contribution is -1.98. The minimum absolute atomic E-state index is 1.04. The molecule has 0 unspecified atom stereocenters. The third-order valence-electron chi connectivity index (χ3n) is 22.4. The van der Waals surface area contributed by atoms with E-state index in [1.54, 1.807) is 0 Å². The number of benzene rings is 15. The second-order valence-electron chi connectivity index (χ2n) is 29.7. The maximum absolute atomic E-state index is 2.42. The van der Waals surface area contributed by atoms with E-state index in [-0.39, 0.29) is 0 Å². The van der Waals surface area contributed by atoms with Crippen LogP contribution in [-0.4, -0.2) is 27.4 Å². The summed E-state index contributed by atoms with van der Waals surface area (Å²) in [5.41, 5.74) is 34.0. The van der Waals surface area contributed by atoms with Gasteiger partial charge in [0.05, 0.1) is 67.3 Å². The molecule has 0 amide bonds. The zero-order chi connectivity index (χ0) is 76.6. The molecule has 21 aromatic rings. The highest BCUT2D eigenvalue weighted by Gasteiger charge is 2.23. The van der Waals surface area contributed by atoms with Gasteiger partial charge in [-0.05, 0) is 217 Å². The molecular formula is C108H84N6. The Kier molecular flexibility index (Phi) is 18.7. The van der Waals surface area contributed by atoms with Crippen LogP contribution in [0.15, 0.2) is 413 Å². The van der Waals surface area contributed by atoms with Crippen LogP contribution >= 0.6 is 0 Å². The van der Waals surface area contributed by atoms with E-state index in [9.17, 15) is 0 Å². The first-order valence-corrected chi connectivity index (χ1v) is 39.6. The van der Waals surface area contributed by atoms with Gasteiger partial charge in [0, 0.05) is 66.4 Å². The molecule has 21 rings (SSSR count). The van der Waals surface area contributed by atoms with Gasteiger partial charge in [0.1, 0.15) is 0 Å². The Morgan fingerprint density at radius 2 is 0.325 bits per heavy atom. The zero-order valence-electron chi connectivity index (χ0n) is 64.4. The number of aryl methyl sites for hydroxylation is 4. The fourth-order valence-corrected chi connectivity index (χ4v) is 16.6. The predicted molar refractivity (Wildman–Crippen MR) is 481 cm³/mol. The molecule has 0 radical (unpaired) electrons. The normalized spacial score (nSPS) is 11.4. The molecule has 6 heterocycles. The quantitative estimate of drug-likeness (QED) is 0.104. The lowest BCUT2D eigenvalue weighted by atomic mass is 10.1. The molecule has 15 aromatic carbocycles. The topological polar surface area (TPSA) is 29.6 Å². The minimum atomic E-state index is 1.04. The number of aromatic nitrogens is 6. The van der Waals surface area contributed by atoms with Gasteiger partial charge in [0.2, 0.25) is 0 Å². The number of fused-ring (bicyclic) bond motifs is 6. The van der Waals surface area contributed by atoms with Crippen molar-refractivity contribution in [2.24, 2.45) is 0 Å². The van der Waals surface area contributed by atoms with E-state index in [4.69, 9.17) is 0 Å². The van der Waals surface area contributed by atoms with Gasteiger partial charge in [0.25, 0.3) is 0 Å². The molecule has 6 aromatic heterocycles. The second kappa shape index (κ2) is 30.4. The monoisotopic (exact) mass is 1460 g/mol. The largest absolute Gasteiger partial charge is 0.309 e. The lowest BCUT2D eigenvalue weighted by Gasteiger charge is -2.13. The van der Waals surface area contributed by atoms with Crippen molar-refractivity contribution in [1.82, 2.24) is 27.4 Å². The predicted octanol–water partition coefficient (Wildman–Crippen LogP) is 28.5. The first-order chi connectivity index (χ1) is 56.2. The Balaban J connectivity index is 0.000000115. The Morgan fingerprint density at radius 3 is 0.500 bits per heavy atom. The second-order valence-corrected chi connectivity index (χ2v) is 29.7. The van der Waals surface area contributed by atoms with Gasteiger partial charge in [-0.2, -0.15) is 0 Å². The van der Waals surface area contributed by atoms with Crippen LogP contribution in [-0.2, 0) is 12.8 Å². The zero-order valence-corrected chi connectivity index (χ0v) is 64.4. The summed E-state index contributed by atoms with van der Waals surface area (Å²) < 4.78 is 14.4. The fraction of sp³-hybridized carbons (Fsp3) is 0.0556. The molecule has 114 heavy (non-hydrogen) atoms. The number of nitrogens with zero attached hydrogens (tertiary/aromatic N) is 6. The highest BCUT2D eigenvalue weighted by Crippen LogP contribution is 2.43. The summed E-state index contributed by atoms with van der Waals surface area (Å²) in [6.07, 6.45) is 2.07. The molecule has 0 atom stereocenters. The van der Waals surface area contributed by atoms with Crippen LogP contribution in [0.3, 0.4) is 0 Å². The van der Waals surface area contributed by atoms with Gasteiger partial charge in [-0.25, -0.2) is 0 Å². The highest BCUT2D eigenvalue weighted by atomic mass is 15.0. The number of hydrogen-bond acceptors (Lipinski definition) is 0. The number of rotatable bonds is 14. The molecule has 0 saturated carbocycles. The molecule has 6 heteroatoms. The molecule has 0 saturated heterocycles. The Labute approximate surface area is 665 Å². The Bertz CT molecular complexity index is 6530. The van der Waals surface area contributed by atoms with Crippen molar-refractivity contribution in [3.05, 3.63) is 435 Å². The Morgan fingerprint density at radius 1 is 0.167 bits per heavy atom. The van der Waals surface area contributed by atoms with Crippen LogP contribution in [0.1, 0.15) is 36.1 Å². The van der Waals surface area contributed by atoms with Crippen molar-refractivity contribution < 1.29 is 0 Å². The van der Waals surface area contributed by atoms with Crippen molar-refractivity contribution in [2.75, 3.05) is 0 Å². The van der Waals surface area contributed by atoms with Crippen LogP contribution < -0.4 is 0 Å². The van der Waals surface area contributed by atoms with Crippen LogP contribution in [0.5, 0.6) is 0 Å². The summed E-state index contributed by atoms with van der Waals surface area (Å²) in [7, 11) is 0. The molecule has 0 aliphatic rings. The standard InChI is InChI=1S/C38H32N2.C36H28N2.C34H24N2/c1-3-27-15-19-33(20-16-27)39-35(29-11-7-5-8-12-29)23-31-26-38-32(25-37(31)39)24-36(30-13-9-6-10-14-30)40(38)34-21-17-28(4-2)18-22-34;1-25-13-17-31(18-14-25)37-33(27-9-5-3-6-10-27)21-29-24-36-30(23-35(29)37)22-34(28-11-7-4-8-12-28)38(36)32-19-15-26(2)16-20-32;1-5-13-25(14-6-1)31-21-27-23-34-28(24-33(27)35(31)29-17-9-3-10-18-29)22-32(26-15-7-2-8-16-26)36(34)30-19-11-4-12-20-30/h5-26H,3-4H2,1-2H3;3-24H,1-2H3;1-24H. The van der Waals surface area contributed by atoms with Crippen molar-refractivity contribution in [3.63, 3.8) is 0 Å². The molecule has 0 bridgehead atoms. The molecule has 0 aliphatic heterocycles. The molecule has 6 nitrogen and oxygen atoms in total. The summed E-state index contributed by atoms with van der Waals surface area (Å²) in [4.78, 5) is 0. The highest BCUT2D eigenvalue weighted by molar-refractivity contribution is 6.05. The summed E-state index contributed by atoms with van der Waals surface area (Å²) in [5.74, 6) is 0. The van der Waals surface area contributed by atoms with Gasteiger partial charge in [-0.3, -0.25) is 0 Å². The average Bonchev–Trinajstić information content (AvgIpc) is 1.59. The van der Waals surface area contributed by atoms with Crippen molar-refractivity contribution in [1.29, 1.82) is 0 Å². The maximum Gasteiger partial charge on any atom is 0.0542 e. The number of hydrogen-bond donors (Lipinski definition) is 0. The molecule has 546 valence electrons. The van der Waals surface area contributed by atoms with Crippen molar-refractivity contribution in [3.8, 4) is 102 Å². The fourth-order valence-electron chi connectivity index (χ4n) is 16.6. The summed E-state index contributed by atoms with van der Waals surface area (Å²) in [6.45, 7) is 8.68.